The van der Waals surface area contributed by atoms with Gasteiger partial charge in [-0.2, -0.15) is 9.78 Å². The molecule has 0 atom stereocenters. The van der Waals surface area contributed by atoms with Crippen molar-refractivity contribution in [3.63, 3.8) is 0 Å². The molecule has 6 nitrogen and oxygen atoms in total. The van der Waals surface area contributed by atoms with Crippen LogP contribution in [0.2, 0.25) is 0 Å². The molecule has 0 aliphatic carbocycles. The lowest BCUT2D eigenvalue weighted by Gasteiger charge is -2.12. The van der Waals surface area contributed by atoms with Gasteiger partial charge in [-0.15, -0.1) is 11.3 Å². The number of benzene rings is 2. The summed E-state index contributed by atoms with van der Waals surface area (Å²) in [4.78, 5) is 18.8. The van der Waals surface area contributed by atoms with Crippen LogP contribution in [0, 0.1) is 0 Å². The van der Waals surface area contributed by atoms with E-state index in [0.717, 1.165) is 4.88 Å². The van der Waals surface area contributed by atoms with E-state index in [0.29, 0.717) is 33.8 Å². The highest BCUT2D eigenvalue weighted by molar-refractivity contribution is 7.11. The number of nitrogens with zero attached hydrogens (tertiary/aromatic N) is 3. The second-order valence-corrected chi connectivity index (χ2v) is 6.88. The summed E-state index contributed by atoms with van der Waals surface area (Å²) in [6.45, 7) is 0. The van der Waals surface area contributed by atoms with Gasteiger partial charge in [0, 0.05) is 10.4 Å². The van der Waals surface area contributed by atoms with Crippen molar-refractivity contribution >= 4 is 28.5 Å². The summed E-state index contributed by atoms with van der Waals surface area (Å²) in [5.41, 5.74) is 1.08. The normalized spacial score (nSPS) is 11.2. The molecule has 0 aliphatic heterocycles. The summed E-state index contributed by atoms with van der Waals surface area (Å²) < 4.78 is 12.0. The van der Waals surface area contributed by atoms with E-state index in [1.54, 1.807) is 50.0 Å². The second kappa shape index (κ2) is 7.66. The fourth-order valence-corrected chi connectivity index (χ4v) is 3.45. The van der Waals surface area contributed by atoms with Crippen molar-refractivity contribution in [3.8, 4) is 22.9 Å². The summed E-state index contributed by atoms with van der Waals surface area (Å²) in [6, 6.07) is 16.5. The van der Waals surface area contributed by atoms with Gasteiger partial charge in [0.15, 0.2) is 17.3 Å². The fourth-order valence-electron chi connectivity index (χ4n) is 2.87. The Hall–Kier alpha value is -3.45. The first-order valence-corrected chi connectivity index (χ1v) is 9.41. The molecular weight excluding hydrogens is 374 g/mol. The van der Waals surface area contributed by atoms with E-state index in [-0.39, 0.29) is 5.56 Å². The first-order chi connectivity index (χ1) is 13.7. The van der Waals surface area contributed by atoms with Gasteiger partial charge in [0.05, 0.1) is 31.3 Å². The van der Waals surface area contributed by atoms with Crippen LogP contribution in [0.15, 0.2) is 69.9 Å². The van der Waals surface area contributed by atoms with Gasteiger partial charge in [-0.05, 0) is 41.8 Å². The Kier molecular flexibility index (Phi) is 4.90. The Labute approximate surface area is 165 Å². The number of thiophene rings is 1. The van der Waals surface area contributed by atoms with E-state index in [4.69, 9.17) is 14.5 Å². The Morgan fingerprint density at radius 3 is 2.61 bits per heavy atom. The average Bonchev–Trinajstić information content (AvgIpc) is 3.26. The maximum atomic E-state index is 13.1. The molecule has 0 spiro atoms. The molecule has 0 aliphatic rings. The molecular formula is C21H17N3O3S. The van der Waals surface area contributed by atoms with Crippen LogP contribution in [-0.4, -0.2) is 30.1 Å². The number of aromatic nitrogens is 2. The van der Waals surface area contributed by atoms with Crippen LogP contribution in [0.5, 0.6) is 11.5 Å². The van der Waals surface area contributed by atoms with E-state index in [2.05, 4.69) is 5.10 Å². The third-order valence-corrected chi connectivity index (χ3v) is 5.05. The molecule has 2 aromatic carbocycles. The average molecular weight is 391 g/mol. The Balaban J connectivity index is 1.96. The summed E-state index contributed by atoms with van der Waals surface area (Å²) >= 11 is 1.54. The van der Waals surface area contributed by atoms with Crippen molar-refractivity contribution in [2.75, 3.05) is 14.2 Å². The van der Waals surface area contributed by atoms with E-state index in [1.807, 2.05) is 41.8 Å². The standard InChI is InChI=1S/C21H17N3O3S/c1-26-18-10-9-14(12-19(18)27-2)20-23-17-8-4-3-7-16(17)21(25)24(20)22-13-15-6-5-11-28-15/h3-13H,1-2H3. The van der Waals surface area contributed by atoms with Crippen LogP contribution < -0.4 is 15.0 Å². The molecule has 0 saturated carbocycles. The lowest BCUT2D eigenvalue weighted by molar-refractivity contribution is 0.355. The zero-order valence-corrected chi connectivity index (χ0v) is 16.1. The molecule has 0 fully saturated rings. The van der Waals surface area contributed by atoms with Crippen LogP contribution in [0.3, 0.4) is 0 Å². The van der Waals surface area contributed by atoms with E-state index >= 15 is 0 Å². The molecule has 140 valence electrons. The van der Waals surface area contributed by atoms with Crippen molar-refractivity contribution in [2.45, 2.75) is 0 Å². The predicted octanol–water partition coefficient (Wildman–Crippen LogP) is 4.02. The minimum absolute atomic E-state index is 0.233. The quantitative estimate of drug-likeness (QED) is 0.482. The highest BCUT2D eigenvalue weighted by Crippen LogP contribution is 2.31. The fraction of sp³-hybridized carbons (Fsp3) is 0.0952. The number of hydrogen-bond donors (Lipinski definition) is 0. The van der Waals surface area contributed by atoms with Gasteiger partial charge in [0.1, 0.15) is 0 Å². The first kappa shape index (κ1) is 17.9. The van der Waals surface area contributed by atoms with Crippen LogP contribution >= 0.6 is 11.3 Å². The third-order valence-electron chi connectivity index (χ3n) is 4.24. The first-order valence-electron chi connectivity index (χ1n) is 8.53. The molecule has 0 amide bonds. The van der Waals surface area contributed by atoms with Gasteiger partial charge >= 0.3 is 0 Å². The van der Waals surface area contributed by atoms with Gasteiger partial charge in [-0.3, -0.25) is 4.79 Å². The highest BCUT2D eigenvalue weighted by atomic mass is 32.1. The Morgan fingerprint density at radius 2 is 1.86 bits per heavy atom. The maximum Gasteiger partial charge on any atom is 0.282 e. The van der Waals surface area contributed by atoms with Gasteiger partial charge < -0.3 is 9.47 Å². The molecule has 0 bridgehead atoms. The van der Waals surface area contributed by atoms with Crippen molar-refractivity contribution < 1.29 is 9.47 Å². The Bertz CT molecular complexity index is 1210. The van der Waals surface area contributed by atoms with Gasteiger partial charge in [0.25, 0.3) is 5.56 Å². The minimum atomic E-state index is -0.233. The smallest absolute Gasteiger partial charge is 0.282 e. The van der Waals surface area contributed by atoms with Crippen molar-refractivity contribution in [2.24, 2.45) is 5.10 Å². The third kappa shape index (κ3) is 3.27. The molecule has 2 aromatic heterocycles. The largest absolute Gasteiger partial charge is 0.493 e. The number of methoxy groups -OCH3 is 2. The van der Waals surface area contributed by atoms with Crippen molar-refractivity contribution in [1.29, 1.82) is 0 Å². The SMILES string of the molecule is COc1ccc(-c2nc3ccccc3c(=O)n2N=Cc2cccs2)cc1OC. The highest BCUT2D eigenvalue weighted by Gasteiger charge is 2.14. The molecule has 0 unspecified atom stereocenters. The summed E-state index contributed by atoms with van der Waals surface area (Å²) in [5.74, 6) is 1.58. The Morgan fingerprint density at radius 1 is 1.04 bits per heavy atom. The van der Waals surface area contributed by atoms with E-state index in [1.165, 1.54) is 4.68 Å². The van der Waals surface area contributed by atoms with Crippen LogP contribution in [0.1, 0.15) is 4.88 Å². The molecule has 0 saturated heterocycles. The topological polar surface area (TPSA) is 65.7 Å². The zero-order valence-electron chi connectivity index (χ0n) is 15.3. The van der Waals surface area contributed by atoms with Crippen molar-refractivity contribution in [1.82, 2.24) is 9.66 Å². The van der Waals surface area contributed by atoms with Gasteiger partial charge in [-0.25, -0.2) is 4.98 Å². The number of para-hydroxylation sites is 1. The molecule has 28 heavy (non-hydrogen) atoms. The number of fused-ring (bicyclic) bond motifs is 1. The number of ether oxygens (including phenoxy) is 2. The number of rotatable bonds is 5. The summed E-state index contributed by atoms with van der Waals surface area (Å²) in [6.07, 6.45) is 1.66. The minimum Gasteiger partial charge on any atom is -0.493 e. The monoisotopic (exact) mass is 391 g/mol. The summed E-state index contributed by atoms with van der Waals surface area (Å²) in [5, 5.41) is 6.89. The van der Waals surface area contributed by atoms with Crippen LogP contribution in [0.4, 0.5) is 0 Å². The molecule has 2 heterocycles. The molecule has 4 rings (SSSR count). The van der Waals surface area contributed by atoms with Gasteiger partial charge in [0.2, 0.25) is 0 Å². The lowest BCUT2D eigenvalue weighted by atomic mass is 10.1. The molecule has 4 aromatic rings. The zero-order chi connectivity index (χ0) is 19.5. The van der Waals surface area contributed by atoms with E-state index in [9.17, 15) is 4.79 Å². The van der Waals surface area contributed by atoms with Crippen LogP contribution in [-0.2, 0) is 0 Å². The van der Waals surface area contributed by atoms with Crippen molar-refractivity contribution in [3.05, 3.63) is 75.2 Å². The maximum absolute atomic E-state index is 13.1. The van der Waals surface area contributed by atoms with Crippen LogP contribution in [0.25, 0.3) is 22.3 Å². The second-order valence-electron chi connectivity index (χ2n) is 5.90. The number of hydrogen-bond acceptors (Lipinski definition) is 6. The van der Waals surface area contributed by atoms with E-state index < -0.39 is 0 Å². The van der Waals surface area contributed by atoms with Gasteiger partial charge in [-0.1, -0.05) is 18.2 Å². The molecule has 0 N–H and O–H groups in total. The molecule has 0 radical (unpaired) electrons. The summed E-state index contributed by atoms with van der Waals surface area (Å²) in [7, 11) is 3.14. The lowest BCUT2D eigenvalue weighted by Crippen LogP contribution is -2.20. The molecule has 7 heteroatoms. The predicted molar refractivity (Wildman–Crippen MR) is 112 cm³/mol.